The SMILES string of the molecule is CCOC(=O)C1(CNCc2ccc3oc(-c4ccc(-c5nnnn5C(c5ccccc5)(c5ccccc5)c5ccccc5)cc4)c(Br)c3c2)CCCC1. The van der Waals surface area contributed by atoms with Gasteiger partial charge in [-0.05, 0) is 80.5 Å². The van der Waals surface area contributed by atoms with Gasteiger partial charge < -0.3 is 14.5 Å². The Bertz CT molecular complexity index is 2220. The van der Waals surface area contributed by atoms with Gasteiger partial charge in [-0.15, -0.1) is 5.10 Å². The molecule has 7 aromatic rings. The summed E-state index contributed by atoms with van der Waals surface area (Å²) in [4.78, 5) is 12.8. The van der Waals surface area contributed by atoms with Gasteiger partial charge in [0, 0.05) is 29.6 Å². The lowest BCUT2D eigenvalue weighted by molar-refractivity contribution is -0.154. The first kappa shape index (κ1) is 34.7. The van der Waals surface area contributed by atoms with Gasteiger partial charge in [-0.1, -0.05) is 134 Å². The third-order valence-electron chi connectivity index (χ3n) is 10.5. The van der Waals surface area contributed by atoms with Crippen molar-refractivity contribution in [1.82, 2.24) is 25.5 Å². The summed E-state index contributed by atoms with van der Waals surface area (Å²) in [5.74, 6) is 1.31. The highest BCUT2D eigenvalue weighted by atomic mass is 79.9. The molecule has 8 nitrogen and oxygen atoms in total. The standard InChI is InChI=1S/C44H40BrN5O3/c1-2-52-42(51)43(26-12-13-27-43)30-46-29-31-20-25-38-37(28-31)39(45)40(53-38)32-21-23-33(24-22-32)41-47-48-49-50(41)44(34-14-6-3-7-15-34,35-16-8-4-9-17-35)36-18-10-5-11-19-36/h3-11,14-25,28,46H,2,12-13,26-27,29-30H2,1H3. The zero-order chi connectivity index (χ0) is 36.3. The number of esters is 1. The van der Waals surface area contributed by atoms with E-state index < -0.39 is 11.0 Å². The molecule has 0 aliphatic heterocycles. The number of furan rings is 1. The fraction of sp³-hybridized carbons (Fsp3) is 0.227. The van der Waals surface area contributed by atoms with Crippen LogP contribution in [-0.4, -0.2) is 39.3 Å². The lowest BCUT2D eigenvalue weighted by Crippen LogP contribution is -2.40. The largest absolute Gasteiger partial charge is 0.466 e. The van der Waals surface area contributed by atoms with Gasteiger partial charge >= 0.3 is 5.97 Å². The molecule has 5 aromatic carbocycles. The van der Waals surface area contributed by atoms with Crippen LogP contribution in [0.1, 0.15) is 54.9 Å². The second kappa shape index (κ2) is 14.9. The smallest absolute Gasteiger partial charge is 0.313 e. The van der Waals surface area contributed by atoms with Crippen molar-refractivity contribution < 1.29 is 13.9 Å². The summed E-state index contributed by atoms with van der Waals surface area (Å²) in [5, 5.41) is 18.1. The van der Waals surface area contributed by atoms with Crippen LogP contribution in [0.3, 0.4) is 0 Å². The van der Waals surface area contributed by atoms with Crippen molar-refractivity contribution in [3.8, 4) is 22.7 Å². The summed E-state index contributed by atoms with van der Waals surface area (Å²) < 4.78 is 14.7. The van der Waals surface area contributed by atoms with E-state index in [0.29, 0.717) is 25.5 Å². The van der Waals surface area contributed by atoms with Crippen molar-refractivity contribution in [3.63, 3.8) is 0 Å². The molecule has 1 saturated carbocycles. The summed E-state index contributed by atoms with van der Waals surface area (Å²) in [5.41, 5.74) is 5.56. The Kier molecular flexibility index (Phi) is 9.77. The van der Waals surface area contributed by atoms with Gasteiger partial charge in [0.05, 0.1) is 16.5 Å². The van der Waals surface area contributed by atoms with Gasteiger partial charge in [0.2, 0.25) is 0 Å². The normalized spacial score (nSPS) is 14.1. The number of benzene rings is 5. The second-order valence-corrected chi connectivity index (χ2v) is 14.5. The van der Waals surface area contributed by atoms with E-state index in [0.717, 1.165) is 80.3 Å². The average molecular weight is 767 g/mol. The summed E-state index contributed by atoms with van der Waals surface area (Å²) in [6.07, 6.45) is 3.86. The number of rotatable bonds is 12. The van der Waals surface area contributed by atoms with Crippen molar-refractivity contribution in [2.45, 2.75) is 44.7 Å². The molecule has 0 saturated heterocycles. The van der Waals surface area contributed by atoms with E-state index in [1.54, 1.807) is 0 Å². The molecule has 0 atom stereocenters. The van der Waals surface area contributed by atoms with Crippen LogP contribution in [0.15, 0.2) is 142 Å². The van der Waals surface area contributed by atoms with Crippen LogP contribution in [0.25, 0.3) is 33.7 Å². The first-order chi connectivity index (χ1) is 26.0. The zero-order valence-electron chi connectivity index (χ0n) is 29.5. The zero-order valence-corrected chi connectivity index (χ0v) is 31.1. The monoisotopic (exact) mass is 765 g/mol. The van der Waals surface area contributed by atoms with Crippen molar-refractivity contribution >= 4 is 32.9 Å². The number of halogens is 1. The Hall–Kier alpha value is -5.38. The van der Waals surface area contributed by atoms with E-state index >= 15 is 0 Å². The Balaban J connectivity index is 1.10. The molecular weight excluding hydrogens is 726 g/mol. The molecule has 1 aliphatic rings. The predicted octanol–water partition coefficient (Wildman–Crippen LogP) is 9.57. The molecule has 9 heteroatoms. The van der Waals surface area contributed by atoms with Gasteiger partial charge in [-0.25, -0.2) is 4.68 Å². The number of nitrogens with one attached hydrogen (secondary N) is 1. The lowest BCUT2D eigenvalue weighted by Gasteiger charge is -2.36. The maximum atomic E-state index is 12.8. The van der Waals surface area contributed by atoms with Crippen LogP contribution in [0.4, 0.5) is 0 Å². The van der Waals surface area contributed by atoms with Gasteiger partial charge in [-0.2, -0.15) is 0 Å². The summed E-state index contributed by atoms with van der Waals surface area (Å²) in [6, 6.07) is 45.6. The average Bonchev–Trinajstić information content (AvgIpc) is 3.97. The molecule has 2 aromatic heterocycles. The molecule has 0 bridgehead atoms. The quantitative estimate of drug-likeness (QED) is 0.0978. The first-order valence-electron chi connectivity index (χ1n) is 18.2. The van der Waals surface area contributed by atoms with E-state index in [2.05, 4.69) is 116 Å². The molecule has 0 amide bonds. The molecule has 53 heavy (non-hydrogen) atoms. The molecule has 0 spiro atoms. The minimum Gasteiger partial charge on any atom is -0.466 e. The van der Waals surface area contributed by atoms with Crippen molar-refractivity contribution in [3.05, 3.63) is 160 Å². The van der Waals surface area contributed by atoms with Crippen LogP contribution in [-0.2, 0) is 21.6 Å². The van der Waals surface area contributed by atoms with Gasteiger partial charge in [0.1, 0.15) is 16.9 Å². The number of ether oxygens (including phenoxy) is 1. The number of aromatic nitrogens is 4. The van der Waals surface area contributed by atoms with E-state index in [-0.39, 0.29) is 5.97 Å². The van der Waals surface area contributed by atoms with Crippen LogP contribution in [0.5, 0.6) is 0 Å². The number of carbonyl (C=O) groups excluding carboxylic acids is 1. The molecule has 0 unspecified atom stereocenters. The van der Waals surface area contributed by atoms with Gasteiger partial charge in [-0.3, -0.25) is 4.79 Å². The fourth-order valence-electron chi connectivity index (χ4n) is 7.91. The van der Waals surface area contributed by atoms with Crippen molar-refractivity contribution in [2.24, 2.45) is 5.41 Å². The maximum Gasteiger partial charge on any atom is 0.313 e. The lowest BCUT2D eigenvalue weighted by atomic mass is 9.77. The summed E-state index contributed by atoms with van der Waals surface area (Å²) in [6.45, 7) is 3.53. The van der Waals surface area contributed by atoms with Crippen molar-refractivity contribution in [1.29, 1.82) is 0 Å². The number of tetrazole rings is 1. The van der Waals surface area contributed by atoms with E-state index in [4.69, 9.17) is 14.4 Å². The molecule has 1 aliphatic carbocycles. The molecular formula is C44H40BrN5O3. The number of hydrogen-bond acceptors (Lipinski definition) is 7. The van der Waals surface area contributed by atoms with Gasteiger partial charge in [0.15, 0.2) is 5.82 Å². The molecule has 1 N–H and O–H groups in total. The van der Waals surface area contributed by atoms with Crippen molar-refractivity contribution in [2.75, 3.05) is 13.2 Å². The minimum atomic E-state index is -0.841. The molecule has 1 fully saturated rings. The highest BCUT2D eigenvalue weighted by Crippen LogP contribution is 2.43. The van der Waals surface area contributed by atoms with E-state index in [1.807, 2.05) is 60.1 Å². The molecule has 2 heterocycles. The maximum absolute atomic E-state index is 12.8. The highest BCUT2D eigenvalue weighted by molar-refractivity contribution is 9.10. The van der Waals surface area contributed by atoms with Gasteiger partial charge in [0.25, 0.3) is 0 Å². The summed E-state index contributed by atoms with van der Waals surface area (Å²) >= 11 is 3.85. The number of hydrogen-bond donors (Lipinski definition) is 1. The number of fused-ring (bicyclic) bond motifs is 1. The number of carbonyl (C=O) groups is 1. The second-order valence-electron chi connectivity index (χ2n) is 13.7. The Morgan fingerprint density at radius 2 is 1.42 bits per heavy atom. The number of nitrogens with zero attached hydrogens (tertiary/aromatic N) is 4. The third-order valence-corrected chi connectivity index (χ3v) is 11.3. The highest BCUT2D eigenvalue weighted by Gasteiger charge is 2.43. The Morgan fingerprint density at radius 3 is 2.00 bits per heavy atom. The third kappa shape index (κ3) is 6.38. The minimum absolute atomic E-state index is 0.0758. The Labute approximate surface area is 317 Å². The predicted molar refractivity (Wildman–Crippen MR) is 210 cm³/mol. The van der Waals surface area contributed by atoms with E-state index in [1.165, 1.54) is 0 Å². The fourth-order valence-corrected chi connectivity index (χ4v) is 8.53. The summed E-state index contributed by atoms with van der Waals surface area (Å²) in [7, 11) is 0. The van der Waals surface area contributed by atoms with E-state index in [9.17, 15) is 4.79 Å². The topological polar surface area (TPSA) is 95.1 Å². The molecule has 8 rings (SSSR count). The van der Waals surface area contributed by atoms with Crippen LogP contribution in [0.2, 0.25) is 0 Å². The van der Waals surface area contributed by atoms with Crippen LogP contribution < -0.4 is 5.32 Å². The molecule has 0 radical (unpaired) electrons. The van der Waals surface area contributed by atoms with Crippen LogP contribution >= 0.6 is 15.9 Å². The first-order valence-corrected chi connectivity index (χ1v) is 19.0. The molecule has 266 valence electrons. The Morgan fingerprint density at radius 1 is 0.830 bits per heavy atom. The van der Waals surface area contributed by atoms with Crippen LogP contribution in [0, 0.1) is 5.41 Å².